The minimum Gasteiger partial charge on any atom is -0.312 e. The molecule has 0 spiro atoms. The number of benzene rings is 1. The third-order valence-corrected chi connectivity index (χ3v) is 3.95. The van der Waals surface area contributed by atoms with E-state index in [-0.39, 0.29) is 10.6 Å². The van der Waals surface area contributed by atoms with Gasteiger partial charge >= 0.3 is 0 Å². The molecule has 19 heavy (non-hydrogen) atoms. The van der Waals surface area contributed by atoms with E-state index in [1.807, 2.05) is 12.1 Å². The number of thiophene rings is 1. The zero-order valence-electron chi connectivity index (χ0n) is 10.8. The average molecular weight is 276 g/mol. The Kier molecular flexibility index (Phi) is 4.65. The summed E-state index contributed by atoms with van der Waals surface area (Å²) in [6.45, 7) is 3.64. The molecule has 0 aliphatic heterocycles. The molecule has 0 saturated heterocycles. The van der Waals surface area contributed by atoms with Crippen molar-refractivity contribution in [1.29, 1.82) is 0 Å². The fourth-order valence-corrected chi connectivity index (χ4v) is 2.77. The first-order valence-corrected chi connectivity index (χ1v) is 7.07. The summed E-state index contributed by atoms with van der Waals surface area (Å²) in [6.07, 6.45) is 0.667. The van der Waals surface area contributed by atoms with Crippen LogP contribution in [0.25, 0.3) is 0 Å². The number of nitrogens with one attached hydrogen (secondary N) is 1. The summed E-state index contributed by atoms with van der Waals surface area (Å²) in [4.78, 5) is 10.6. The number of hydrogen-bond acceptors (Lipinski definition) is 4. The van der Waals surface area contributed by atoms with Crippen LogP contribution in [0.15, 0.2) is 35.0 Å². The molecule has 0 aliphatic carbocycles. The molecule has 4 nitrogen and oxygen atoms in total. The number of para-hydroxylation sites is 1. The van der Waals surface area contributed by atoms with Crippen molar-refractivity contribution in [1.82, 2.24) is 5.32 Å². The first-order valence-electron chi connectivity index (χ1n) is 6.13. The van der Waals surface area contributed by atoms with Crippen molar-refractivity contribution in [3.63, 3.8) is 0 Å². The number of hydrogen-bond donors (Lipinski definition) is 1. The van der Waals surface area contributed by atoms with Gasteiger partial charge < -0.3 is 5.32 Å². The van der Waals surface area contributed by atoms with Gasteiger partial charge in [-0.05, 0) is 41.8 Å². The minimum absolute atomic E-state index is 0.205. The zero-order chi connectivity index (χ0) is 13.7. The van der Waals surface area contributed by atoms with Crippen LogP contribution in [0.2, 0.25) is 0 Å². The number of aryl methyl sites for hydroxylation is 1. The van der Waals surface area contributed by atoms with Crippen molar-refractivity contribution in [2.45, 2.75) is 19.9 Å². The third-order valence-electron chi connectivity index (χ3n) is 3.04. The van der Waals surface area contributed by atoms with E-state index in [1.165, 1.54) is 11.1 Å². The van der Waals surface area contributed by atoms with Crippen LogP contribution in [0.4, 0.5) is 5.69 Å². The first-order chi connectivity index (χ1) is 9.18. The summed E-state index contributed by atoms with van der Waals surface area (Å²) in [6, 6.07) is 6.91. The van der Waals surface area contributed by atoms with Crippen molar-refractivity contribution in [2.24, 2.45) is 0 Å². The van der Waals surface area contributed by atoms with Crippen LogP contribution in [0.5, 0.6) is 0 Å². The second-order valence-corrected chi connectivity index (χ2v) is 5.14. The molecule has 5 heteroatoms. The highest BCUT2D eigenvalue weighted by Crippen LogP contribution is 2.18. The van der Waals surface area contributed by atoms with Crippen LogP contribution >= 0.6 is 11.3 Å². The van der Waals surface area contributed by atoms with E-state index in [0.717, 1.165) is 18.7 Å². The molecular weight excluding hydrogens is 260 g/mol. The van der Waals surface area contributed by atoms with E-state index in [4.69, 9.17) is 0 Å². The Morgan fingerprint density at radius 2 is 2.05 bits per heavy atom. The van der Waals surface area contributed by atoms with Crippen molar-refractivity contribution >= 4 is 17.0 Å². The summed E-state index contributed by atoms with van der Waals surface area (Å²) in [7, 11) is 0. The Hall–Kier alpha value is -1.72. The largest absolute Gasteiger partial charge is 0.312 e. The van der Waals surface area contributed by atoms with Crippen LogP contribution in [-0.2, 0) is 13.0 Å². The van der Waals surface area contributed by atoms with Gasteiger partial charge in [0.05, 0.1) is 4.92 Å². The molecule has 1 N–H and O–H groups in total. The molecule has 0 bridgehead atoms. The fourth-order valence-electron chi connectivity index (χ4n) is 1.91. The average Bonchev–Trinajstić information content (AvgIpc) is 2.80. The summed E-state index contributed by atoms with van der Waals surface area (Å²) in [5.74, 6) is 0. The summed E-state index contributed by atoms with van der Waals surface area (Å²) in [5, 5.41) is 18.5. The number of nitro benzene ring substituents is 1. The summed E-state index contributed by atoms with van der Waals surface area (Å²) in [5.41, 5.74) is 3.58. The van der Waals surface area contributed by atoms with Gasteiger partial charge in [0.1, 0.15) is 0 Å². The molecule has 0 fully saturated rings. The maximum Gasteiger partial charge on any atom is 0.272 e. The molecule has 2 aromatic rings. The maximum atomic E-state index is 10.9. The van der Waals surface area contributed by atoms with E-state index in [2.05, 4.69) is 23.0 Å². The van der Waals surface area contributed by atoms with Crippen LogP contribution in [-0.4, -0.2) is 11.5 Å². The molecule has 2 rings (SSSR count). The second-order valence-electron chi connectivity index (χ2n) is 4.39. The van der Waals surface area contributed by atoms with Gasteiger partial charge in [0.15, 0.2) is 0 Å². The lowest BCUT2D eigenvalue weighted by Gasteiger charge is -2.05. The van der Waals surface area contributed by atoms with Crippen LogP contribution < -0.4 is 5.32 Å². The van der Waals surface area contributed by atoms with Gasteiger partial charge in [-0.3, -0.25) is 10.1 Å². The van der Waals surface area contributed by atoms with Gasteiger partial charge in [-0.25, -0.2) is 0 Å². The normalized spacial score (nSPS) is 10.6. The van der Waals surface area contributed by atoms with Crippen LogP contribution in [0.3, 0.4) is 0 Å². The monoisotopic (exact) mass is 276 g/mol. The Labute approximate surface area is 116 Å². The van der Waals surface area contributed by atoms with Crippen molar-refractivity contribution in [3.05, 3.63) is 61.8 Å². The highest BCUT2D eigenvalue weighted by molar-refractivity contribution is 7.08. The quantitative estimate of drug-likeness (QED) is 0.500. The Bertz CT molecular complexity index is 566. The van der Waals surface area contributed by atoms with Crippen molar-refractivity contribution in [2.75, 3.05) is 6.54 Å². The highest BCUT2D eigenvalue weighted by Gasteiger charge is 2.11. The standard InChI is InChI=1S/C14H16N2O2S/c1-11-9-19-10-13(11)8-15-7-6-12-4-2-3-5-14(12)16(17)18/h2-5,9-10,15H,6-8H2,1H3. The van der Waals surface area contributed by atoms with E-state index in [0.29, 0.717) is 6.42 Å². The molecule has 1 heterocycles. The predicted molar refractivity (Wildman–Crippen MR) is 77.6 cm³/mol. The van der Waals surface area contributed by atoms with E-state index >= 15 is 0 Å². The first kappa shape index (κ1) is 13.7. The SMILES string of the molecule is Cc1cscc1CNCCc1ccccc1[N+](=O)[O-]. The molecule has 0 amide bonds. The second kappa shape index (κ2) is 6.45. The molecule has 0 unspecified atom stereocenters. The molecule has 1 aromatic carbocycles. The van der Waals surface area contributed by atoms with Crippen molar-refractivity contribution in [3.8, 4) is 0 Å². The lowest BCUT2D eigenvalue weighted by molar-refractivity contribution is -0.385. The highest BCUT2D eigenvalue weighted by atomic mass is 32.1. The van der Waals surface area contributed by atoms with Gasteiger partial charge in [-0.15, -0.1) is 0 Å². The molecule has 0 radical (unpaired) electrons. The molecule has 0 atom stereocenters. The molecule has 0 aliphatic rings. The predicted octanol–water partition coefficient (Wildman–Crippen LogP) is 3.30. The molecule has 100 valence electrons. The van der Waals surface area contributed by atoms with E-state index < -0.39 is 0 Å². The lowest BCUT2D eigenvalue weighted by Crippen LogP contribution is -2.17. The van der Waals surface area contributed by atoms with Crippen molar-refractivity contribution < 1.29 is 4.92 Å². The maximum absolute atomic E-state index is 10.9. The zero-order valence-corrected chi connectivity index (χ0v) is 11.6. The van der Waals surface area contributed by atoms with Crippen LogP contribution in [0.1, 0.15) is 16.7 Å². The molecular formula is C14H16N2O2S. The third kappa shape index (κ3) is 3.62. The van der Waals surface area contributed by atoms with Gasteiger partial charge in [0, 0.05) is 18.2 Å². The van der Waals surface area contributed by atoms with Gasteiger partial charge in [0.2, 0.25) is 0 Å². The topological polar surface area (TPSA) is 55.2 Å². The number of nitrogens with zero attached hydrogens (tertiary/aromatic N) is 1. The number of rotatable bonds is 6. The summed E-state index contributed by atoms with van der Waals surface area (Å²) >= 11 is 1.70. The Morgan fingerprint density at radius 1 is 1.26 bits per heavy atom. The van der Waals surface area contributed by atoms with Gasteiger partial charge in [-0.2, -0.15) is 11.3 Å². The van der Waals surface area contributed by atoms with Gasteiger partial charge in [-0.1, -0.05) is 18.2 Å². The van der Waals surface area contributed by atoms with Crippen LogP contribution in [0, 0.1) is 17.0 Å². The Balaban J connectivity index is 1.86. The van der Waals surface area contributed by atoms with Gasteiger partial charge in [0.25, 0.3) is 5.69 Å². The summed E-state index contributed by atoms with van der Waals surface area (Å²) < 4.78 is 0. The molecule has 1 aromatic heterocycles. The number of nitro groups is 1. The minimum atomic E-state index is -0.321. The fraction of sp³-hybridized carbons (Fsp3) is 0.286. The van der Waals surface area contributed by atoms with E-state index in [1.54, 1.807) is 23.5 Å². The van der Waals surface area contributed by atoms with E-state index in [9.17, 15) is 10.1 Å². The lowest BCUT2D eigenvalue weighted by atomic mass is 10.1. The smallest absolute Gasteiger partial charge is 0.272 e. The molecule has 0 saturated carbocycles. The Morgan fingerprint density at radius 3 is 2.74 bits per heavy atom.